The van der Waals surface area contributed by atoms with E-state index >= 15 is 0 Å². The molecular weight excluding hydrogens is 282 g/mol. The van der Waals surface area contributed by atoms with Gasteiger partial charge in [0.05, 0.1) is 12.6 Å². The maximum absolute atomic E-state index is 12.5. The fourth-order valence-corrected chi connectivity index (χ4v) is 2.71. The van der Waals surface area contributed by atoms with Gasteiger partial charge in [-0.2, -0.15) is 5.26 Å². The Morgan fingerprint density at radius 3 is 2.82 bits per heavy atom. The fourth-order valence-electron chi connectivity index (χ4n) is 2.71. The van der Waals surface area contributed by atoms with Crippen molar-refractivity contribution in [3.8, 4) is 6.07 Å². The van der Waals surface area contributed by atoms with Crippen LogP contribution in [-0.2, 0) is 11.3 Å². The Labute approximate surface area is 129 Å². The highest BCUT2D eigenvalue weighted by Crippen LogP contribution is 2.21. The molecule has 1 atom stereocenters. The van der Waals surface area contributed by atoms with Gasteiger partial charge in [0.2, 0.25) is 0 Å². The molecule has 0 saturated carbocycles. The van der Waals surface area contributed by atoms with Crippen LogP contribution in [0.2, 0.25) is 0 Å². The van der Waals surface area contributed by atoms with Crippen LogP contribution in [0.1, 0.15) is 40.5 Å². The first kappa shape index (κ1) is 15.9. The smallest absolute Gasteiger partial charge is 0.252 e. The number of carbonyl (C=O) groups excluding carboxylic acids is 1. The Balaban J connectivity index is 2.23. The molecule has 0 aliphatic rings. The average molecular weight is 301 g/mol. The third-order valence-electron chi connectivity index (χ3n) is 3.58. The molecule has 0 aliphatic carbocycles. The van der Waals surface area contributed by atoms with E-state index < -0.39 is 0 Å². The third-order valence-corrected chi connectivity index (χ3v) is 3.58. The number of hydrogen-bond acceptors (Lipinski definition) is 5. The van der Waals surface area contributed by atoms with Crippen LogP contribution in [-0.4, -0.2) is 38.8 Å². The molecule has 0 radical (unpaired) electrons. The van der Waals surface area contributed by atoms with Gasteiger partial charge in [-0.3, -0.25) is 4.79 Å². The minimum atomic E-state index is -0.0571. The monoisotopic (exact) mass is 301 g/mol. The van der Waals surface area contributed by atoms with Gasteiger partial charge in [0.15, 0.2) is 5.78 Å². The molecule has 7 heteroatoms. The van der Waals surface area contributed by atoms with Gasteiger partial charge in [0.25, 0.3) is 5.82 Å². The van der Waals surface area contributed by atoms with E-state index in [1.807, 2.05) is 32.9 Å². The van der Waals surface area contributed by atoms with Crippen molar-refractivity contribution in [3.05, 3.63) is 35.2 Å². The Morgan fingerprint density at radius 2 is 2.23 bits per heavy atom. The number of nitrogens with zero attached hydrogens (tertiary/aromatic N) is 5. The molecule has 2 heterocycles. The number of nitriles is 1. The zero-order chi connectivity index (χ0) is 16.3. The summed E-state index contributed by atoms with van der Waals surface area (Å²) in [6.45, 7) is 6.60. The zero-order valence-electron chi connectivity index (χ0n) is 13.2. The lowest BCUT2D eigenvalue weighted by Crippen LogP contribution is -2.16. The molecule has 0 saturated heterocycles. The van der Waals surface area contributed by atoms with E-state index in [1.165, 1.54) is 11.0 Å². The number of carbonyl (C=O) groups is 1. The van der Waals surface area contributed by atoms with Crippen molar-refractivity contribution in [3.63, 3.8) is 0 Å². The van der Waals surface area contributed by atoms with E-state index in [4.69, 9.17) is 10.00 Å². The van der Waals surface area contributed by atoms with E-state index in [0.29, 0.717) is 12.2 Å². The van der Waals surface area contributed by atoms with Crippen LogP contribution < -0.4 is 0 Å². The first-order valence-corrected chi connectivity index (χ1v) is 6.98. The first-order valence-electron chi connectivity index (χ1n) is 6.98. The topological polar surface area (TPSA) is 85.7 Å². The second-order valence-electron chi connectivity index (χ2n) is 5.26. The van der Waals surface area contributed by atoms with Gasteiger partial charge in [-0.25, -0.2) is 9.67 Å². The number of ketones is 1. The highest BCUT2D eigenvalue weighted by Gasteiger charge is 2.19. The van der Waals surface area contributed by atoms with E-state index in [9.17, 15) is 4.79 Å². The predicted octanol–water partition coefficient (Wildman–Crippen LogP) is 1.66. The molecular formula is C15H19N5O2. The number of aromatic nitrogens is 4. The minimum Gasteiger partial charge on any atom is -0.383 e. The molecule has 0 unspecified atom stereocenters. The largest absolute Gasteiger partial charge is 0.383 e. The number of ether oxygens (including phenoxy) is 1. The molecule has 0 spiro atoms. The van der Waals surface area contributed by atoms with Crippen molar-refractivity contribution < 1.29 is 9.53 Å². The molecule has 0 aromatic carbocycles. The van der Waals surface area contributed by atoms with E-state index in [0.717, 1.165) is 11.4 Å². The van der Waals surface area contributed by atoms with Crippen molar-refractivity contribution in [2.45, 2.75) is 33.4 Å². The summed E-state index contributed by atoms with van der Waals surface area (Å²) in [6.07, 6.45) is 1.39. The van der Waals surface area contributed by atoms with Crippen LogP contribution in [0.15, 0.2) is 12.4 Å². The fraction of sp³-hybridized carbons (Fsp3) is 0.467. The molecule has 0 N–H and O–H groups in total. The van der Waals surface area contributed by atoms with Crippen LogP contribution in [0, 0.1) is 25.2 Å². The second-order valence-corrected chi connectivity index (χ2v) is 5.26. The lowest BCUT2D eigenvalue weighted by molar-refractivity contribution is 0.0966. The van der Waals surface area contributed by atoms with E-state index in [1.54, 1.807) is 7.11 Å². The molecule has 0 fully saturated rings. The van der Waals surface area contributed by atoms with Crippen molar-refractivity contribution in [1.29, 1.82) is 5.26 Å². The molecule has 22 heavy (non-hydrogen) atoms. The first-order chi connectivity index (χ1) is 10.5. The molecule has 0 bridgehead atoms. The van der Waals surface area contributed by atoms with Crippen LogP contribution in [0.3, 0.4) is 0 Å². The highest BCUT2D eigenvalue weighted by molar-refractivity contribution is 5.97. The summed E-state index contributed by atoms with van der Waals surface area (Å²) in [4.78, 5) is 16.3. The molecule has 2 rings (SSSR count). The van der Waals surface area contributed by atoms with Crippen LogP contribution >= 0.6 is 0 Å². The molecule has 0 amide bonds. The molecule has 0 aliphatic heterocycles. The van der Waals surface area contributed by atoms with Gasteiger partial charge in [-0.15, -0.1) is 5.10 Å². The number of Topliss-reactive ketones (excluding diaryl/α,β-unsaturated/α-hetero) is 1. The Morgan fingerprint density at radius 1 is 1.50 bits per heavy atom. The molecule has 7 nitrogen and oxygen atoms in total. The second kappa shape index (κ2) is 6.54. The van der Waals surface area contributed by atoms with Gasteiger partial charge in [0.1, 0.15) is 18.9 Å². The lowest BCUT2D eigenvalue weighted by atomic mass is 10.1. The number of methoxy groups -OCH3 is 1. The summed E-state index contributed by atoms with van der Waals surface area (Å²) in [6, 6.07) is 3.88. The summed E-state index contributed by atoms with van der Waals surface area (Å²) in [5, 5.41) is 12.6. The predicted molar refractivity (Wildman–Crippen MR) is 79.6 cm³/mol. The normalized spacial score (nSPS) is 12.1. The van der Waals surface area contributed by atoms with Gasteiger partial charge in [0, 0.05) is 24.1 Å². The Kier molecular flexibility index (Phi) is 4.73. The van der Waals surface area contributed by atoms with Crippen LogP contribution in [0.4, 0.5) is 0 Å². The lowest BCUT2D eigenvalue weighted by Gasteiger charge is -2.17. The summed E-state index contributed by atoms with van der Waals surface area (Å²) >= 11 is 0. The van der Waals surface area contributed by atoms with Gasteiger partial charge in [-0.1, -0.05) is 0 Å². The van der Waals surface area contributed by atoms with Crippen molar-refractivity contribution in [2.24, 2.45) is 0 Å². The molecule has 116 valence electrons. The van der Waals surface area contributed by atoms with Gasteiger partial charge in [-0.05, 0) is 26.8 Å². The molecule has 2 aromatic rings. The quantitative estimate of drug-likeness (QED) is 0.757. The van der Waals surface area contributed by atoms with Gasteiger partial charge >= 0.3 is 0 Å². The SMILES string of the molecule is COC[C@H](C)n1c(C)cc(C(=O)Cn2cnc(C#N)n2)c1C. The number of hydrogen-bond donors (Lipinski definition) is 0. The third kappa shape index (κ3) is 3.07. The van der Waals surface area contributed by atoms with Crippen LogP contribution in [0.25, 0.3) is 0 Å². The van der Waals surface area contributed by atoms with Crippen LogP contribution in [0.5, 0.6) is 0 Å². The average Bonchev–Trinajstić information content (AvgIpc) is 3.03. The van der Waals surface area contributed by atoms with E-state index in [2.05, 4.69) is 14.6 Å². The van der Waals surface area contributed by atoms with Crippen molar-refractivity contribution >= 4 is 5.78 Å². The number of rotatable bonds is 6. The molecule has 2 aromatic heterocycles. The zero-order valence-corrected chi connectivity index (χ0v) is 13.2. The summed E-state index contributed by atoms with van der Waals surface area (Å²) < 4.78 is 8.67. The maximum atomic E-state index is 12.5. The Bertz CT molecular complexity index is 723. The summed E-state index contributed by atoms with van der Waals surface area (Å²) in [5.41, 5.74) is 2.59. The maximum Gasteiger partial charge on any atom is 0.252 e. The van der Waals surface area contributed by atoms with E-state index in [-0.39, 0.29) is 24.2 Å². The Hall–Kier alpha value is -2.46. The number of aryl methyl sites for hydroxylation is 1. The van der Waals surface area contributed by atoms with Crippen molar-refractivity contribution in [1.82, 2.24) is 19.3 Å². The summed E-state index contributed by atoms with van der Waals surface area (Å²) in [5.74, 6) is 0.00495. The minimum absolute atomic E-state index is 0.0571. The summed E-state index contributed by atoms with van der Waals surface area (Å²) in [7, 11) is 1.66. The van der Waals surface area contributed by atoms with Crippen molar-refractivity contribution in [2.75, 3.05) is 13.7 Å². The highest BCUT2D eigenvalue weighted by atomic mass is 16.5. The standard InChI is InChI=1S/C15H19N5O2/c1-10-5-13(12(3)20(10)11(2)8-22-4)14(21)7-19-9-17-15(6-16)18-19/h5,9,11H,7-8H2,1-4H3/t11-/m0/s1. The van der Waals surface area contributed by atoms with Gasteiger partial charge < -0.3 is 9.30 Å².